The average Bonchev–Trinajstić information content (AvgIpc) is 1.59. The highest BCUT2D eigenvalue weighted by molar-refractivity contribution is 6.32. The smallest absolute Gasteiger partial charge is 0.0547 e. The van der Waals surface area contributed by atoms with E-state index in [1.165, 1.54) is 207 Å². The van der Waals surface area contributed by atoms with E-state index in [2.05, 4.69) is 397 Å². The highest BCUT2D eigenvalue weighted by atomic mass is 15.0. The first-order valence-electron chi connectivity index (χ1n) is 36.8. The SMILES string of the molecule is c1ccc(-c2c3ccccc3c(-c3ccc(-n4c5ccc6ccccc6c5c5c6cc7ccccc7cc6ccc54)cc3)c3ccccc23)cc1.c1ccc2cc3c(ccc4c3c3c5ccccc5ccc3n4-c3ccc(-c4c5ccccc5c(-c5cccc6ccccc56)c5ccccc45)cc3)cc2c1. The molecule has 0 saturated carbocycles. The second-order valence-corrected chi connectivity index (χ2v) is 28.5. The lowest BCUT2D eigenvalue weighted by molar-refractivity contribution is 1.18. The minimum absolute atomic E-state index is 1.15. The van der Waals surface area contributed by atoms with Gasteiger partial charge in [-0.1, -0.05) is 315 Å². The third kappa shape index (κ3) is 9.18. The fraction of sp³-hybridized carbons (Fsp3) is 0. The van der Waals surface area contributed by atoms with Gasteiger partial charge in [0.2, 0.25) is 0 Å². The van der Waals surface area contributed by atoms with Gasteiger partial charge in [0.15, 0.2) is 0 Å². The topological polar surface area (TPSA) is 9.86 Å². The van der Waals surface area contributed by atoms with Crippen LogP contribution in [0.3, 0.4) is 0 Å². The molecular weight excluding hydrogens is 1280 g/mol. The Morgan fingerprint density at radius 2 is 0.406 bits per heavy atom. The number of benzene rings is 21. The summed E-state index contributed by atoms with van der Waals surface area (Å²) in [6.07, 6.45) is 0. The molecule has 0 unspecified atom stereocenters. The van der Waals surface area contributed by atoms with Crippen molar-refractivity contribution in [2.24, 2.45) is 0 Å². The summed E-state index contributed by atoms with van der Waals surface area (Å²) in [5, 5.41) is 33.2. The zero-order valence-electron chi connectivity index (χ0n) is 57.8. The second-order valence-electron chi connectivity index (χ2n) is 28.5. The van der Waals surface area contributed by atoms with Gasteiger partial charge in [-0.15, -0.1) is 0 Å². The fourth-order valence-electron chi connectivity index (χ4n) is 18.2. The molecule has 2 heterocycles. The van der Waals surface area contributed by atoms with E-state index in [1.807, 2.05) is 0 Å². The Balaban J connectivity index is 0.000000133. The zero-order valence-corrected chi connectivity index (χ0v) is 57.8. The maximum Gasteiger partial charge on any atom is 0.0547 e. The predicted octanol–water partition coefficient (Wildman–Crippen LogP) is 28.9. The Hall–Kier alpha value is -13.9. The Morgan fingerprint density at radius 1 is 0.142 bits per heavy atom. The van der Waals surface area contributed by atoms with Crippen LogP contribution in [0.4, 0.5) is 0 Å². The standard InChI is InChI=1S/C54H33N.C50H31N/c1-2-15-38-33-48-39(32-37(38)14-1)27-31-50-54(48)53-42-18-6-4-13-35(42)26-30-49(53)55(50)40-28-24-36(25-29-40)51-44-19-7-9-21-46(44)52(47-22-10-8-20-45(47)51)43-23-11-16-34-12-3-5-17-41(34)43;1-2-13-33(14-3-1)47-40-18-8-10-20-42(40)48(43-21-11-9-19-41(43)47)34-22-26-38(27-23-34)51-45-28-24-32-12-6-7-17-39(32)49(45)50-44-31-36-16-5-4-15-35(36)30-37(44)25-29-46(50)51/h1-33H;1-31H. The van der Waals surface area contributed by atoms with Crippen LogP contribution in [-0.2, 0) is 0 Å². The van der Waals surface area contributed by atoms with Gasteiger partial charge in [0.1, 0.15) is 0 Å². The van der Waals surface area contributed by atoms with Crippen LogP contribution in [0.15, 0.2) is 388 Å². The van der Waals surface area contributed by atoms with E-state index in [0.29, 0.717) is 0 Å². The molecule has 0 fully saturated rings. The minimum Gasteiger partial charge on any atom is -0.309 e. The molecule has 0 spiro atoms. The van der Waals surface area contributed by atoms with Gasteiger partial charge < -0.3 is 9.13 Å². The summed E-state index contributed by atoms with van der Waals surface area (Å²) in [6, 6.07) is 143. The molecule has 0 bridgehead atoms. The van der Waals surface area contributed by atoms with Crippen LogP contribution in [0.5, 0.6) is 0 Å². The molecule has 2 aromatic heterocycles. The Kier molecular flexibility index (Phi) is 13.4. The molecule has 0 aliphatic rings. The van der Waals surface area contributed by atoms with Crippen molar-refractivity contribution in [1.82, 2.24) is 9.13 Å². The molecule has 0 aliphatic heterocycles. The molecule has 0 aliphatic carbocycles. The molecule has 106 heavy (non-hydrogen) atoms. The quantitative estimate of drug-likeness (QED) is 0.147. The van der Waals surface area contributed by atoms with E-state index < -0.39 is 0 Å². The second kappa shape index (κ2) is 23.8. The Morgan fingerprint density at radius 3 is 0.783 bits per heavy atom. The van der Waals surface area contributed by atoms with Crippen LogP contribution in [-0.4, -0.2) is 9.13 Å². The lowest BCUT2D eigenvalue weighted by Gasteiger charge is -2.19. The van der Waals surface area contributed by atoms with Crippen LogP contribution in [0.1, 0.15) is 0 Å². The van der Waals surface area contributed by atoms with E-state index in [4.69, 9.17) is 0 Å². The van der Waals surface area contributed by atoms with Crippen molar-refractivity contribution in [3.05, 3.63) is 388 Å². The van der Waals surface area contributed by atoms with Crippen LogP contribution in [0.2, 0.25) is 0 Å². The summed E-state index contributed by atoms with van der Waals surface area (Å²) in [6.45, 7) is 0. The molecule has 0 amide bonds. The highest BCUT2D eigenvalue weighted by Gasteiger charge is 2.24. The molecule has 0 saturated heterocycles. The van der Waals surface area contributed by atoms with Gasteiger partial charge in [-0.25, -0.2) is 0 Å². The van der Waals surface area contributed by atoms with E-state index in [1.54, 1.807) is 0 Å². The van der Waals surface area contributed by atoms with Gasteiger partial charge >= 0.3 is 0 Å². The Bertz CT molecular complexity index is 7480. The summed E-state index contributed by atoms with van der Waals surface area (Å²) in [5.41, 5.74) is 17.3. The summed E-state index contributed by atoms with van der Waals surface area (Å²) in [5.74, 6) is 0. The first kappa shape index (κ1) is 59.7. The molecule has 0 atom stereocenters. The van der Waals surface area contributed by atoms with Gasteiger partial charge in [0.25, 0.3) is 0 Å². The van der Waals surface area contributed by atoms with Crippen molar-refractivity contribution >= 4 is 162 Å². The fourth-order valence-corrected chi connectivity index (χ4v) is 18.2. The lowest BCUT2D eigenvalue weighted by Crippen LogP contribution is -1.95. The average molecular weight is 1340 g/mol. The van der Waals surface area contributed by atoms with E-state index >= 15 is 0 Å². The van der Waals surface area contributed by atoms with Crippen LogP contribution in [0, 0.1) is 0 Å². The predicted molar refractivity (Wildman–Crippen MR) is 456 cm³/mol. The van der Waals surface area contributed by atoms with Crippen LogP contribution >= 0.6 is 0 Å². The molecule has 21 aromatic carbocycles. The molecule has 2 heteroatoms. The highest BCUT2D eigenvalue weighted by Crippen LogP contribution is 2.49. The zero-order chi connectivity index (χ0) is 69.5. The number of rotatable bonds is 6. The van der Waals surface area contributed by atoms with Gasteiger partial charge in [0, 0.05) is 32.9 Å². The lowest BCUT2D eigenvalue weighted by atomic mass is 9.85. The number of hydrogen-bond donors (Lipinski definition) is 0. The molecule has 0 N–H and O–H groups in total. The largest absolute Gasteiger partial charge is 0.309 e. The minimum atomic E-state index is 1.15. The van der Waals surface area contributed by atoms with Gasteiger partial charge in [0.05, 0.1) is 22.1 Å². The third-order valence-corrected chi connectivity index (χ3v) is 22.8. The first-order valence-corrected chi connectivity index (χ1v) is 36.8. The Labute approximate surface area is 611 Å². The molecule has 490 valence electrons. The van der Waals surface area contributed by atoms with Crippen molar-refractivity contribution in [2.45, 2.75) is 0 Å². The number of nitrogens with zero attached hydrogens (tertiary/aromatic N) is 2. The molecule has 0 radical (unpaired) electrons. The van der Waals surface area contributed by atoms with Gasteiger partial charge in [-0.05, 0) is 236 Å². The number of fused-ring (bicyclic) bond motifs is 21. The van der Waals surface area contributed by atoms with E-state index in [9.17, 15) is 0 Å². The summed E-state index contributed by atoms with van der Waals surface area (Å²) >= 11 is 0. The third-order valence-electron chi connectivity index (χ3n) is 22.8. The summed E-state index contributed by atoms with van der Waals surface area (Å²) < 4.78 is 4.93. The van der Waals surface area contributed by atoms with Crippen LogP contribution in [0.25, 0.3) is 218 Å². The van der Waals surface area contributed by atoms with Crippen molar-refractivity contribution in [2.75, 3.05) is 0 Å². The normalized spacial score (nSPS) is 12.0. The summed E-state index contributed by atoms with van der Waals surface area (Å²) in [4.78, 5) is 0. The van der Waals surface area contributed by atoms with Gasteiger partial charge in [-0.3, -0.25) is 0 Å². The van der Waals surface area contributed by atoms with E-state index in [0.717, 1.165) is 11.4 Å². The summed E-state index contributed by atoms with van der Waals surface area (Å²) in [7, 11) is 0. The van der Waals surface area contributed by atoms with Crippen molar-refractivity contribution in [3.63, 3.8) is 0 Å². The first-order chi connectivity index (χ1) is 52.6. The molecule has 23 aromatic rings. The number of aromatic nitrogens is 2. The van der Waals surface area contributed by atoms with E-state index in [-0.39, 0.29) is 0 Å². The molecule has 23 rings (SSSR count). The molecule has 2 nitrogen and oxygen atoms in total. The monoisotopic (exact) mass is 1340 g/mol. The van der Waals surface area contributed by atoms with Crippen molar-refractivity contribution < 1.29 is 0 Å². The maximum absolute atomic E-state index is 2.47. The van der Waals surface area contributed by atoms with Crippen molar-refractivity contribution in [1.29, 1.82) is 0 Å². The maximum atomic E-state index is 2.47. The van der Waals surface area contributed by atoms with Gasteiger partial charge in [-0.2, -0.15) is 0 Å². The number of hydrogen-bond acceptors (Lipinski definition) is 0. The molecular formula is C104H64N2. The van der Waals surface area contributed by atoms with Crippen molar-refractivity contribution in [3.8, 4) is 55.9 Å². The van der Waals surface area contributed by atoms with Crippen LogP contribution < -0.4 is 0 Å².